The first-order valence-corrected chi connectivity index (χ1v) is 5.94. The average molecular weight is 318 g/mol. The minimum absolute atomic E-state index is 0.111. The Kier molecular flexibility index (Phi) is 4.04. The van der Waals surface area contributed by atoms with E-state index in [4.69, 9.17) is 11.6 Å². The van der Waals surface area contributed by atoms with Gasteiger partial charge >= 0.3 is 6.36 Å². The Morgan fingerprint density at radius 3 is 2.48 bits per heavy atom. The van der Waals surface area contributed by atoms with E-state index in [0.717, 1.165) is 12.1 Å². The van der Waals surface area contributed by atoms with Gasteiger partial charge in [-0.25, -0.2) is 0 Å². The highest BCUT2D eigenvalue weighted by atomic mass is 35.5. The van der Waals surface area contributed by atoms with Crippen LogP contribution in [0.1, 0.15) is 0 Å². The first-order valence-electron chi connectivity index (χ1n) is 5.56. The van der Waals surface area contributed by atoms with Crippen LogP contribution in [-0.2, 0) is 0 Å². The molecule has 0 amide bonds. The number of ether oxygens (including phenoxy) is 1. The molecule has 0 radical (unpaired) electrons. The van der Waals surface area contributed by atoms with Crippen LogP contribution in [0.15, 0.2) is 42.5 Å². The summed E-state index contributed by atoms with van der Waals surface area (Å²) in [5.74, 6) is -0.464. The van der Waals surface area contributed by atoms with Crippen LogP contribution in [0.3, 0.4) is 0 Å². The molecule has 8 heteroatoms. The van der Waals surface area contributed by atoms with Crippen molar-refractivity contribution in [2.75, 3.05) is 0 Å². The Hall–Kier alpha value is -2.28. The number of alkyl halides is 3. The van der Waals surface area contributed by atoms with Crippen LogP contribution in [0.4, 0.5) is 18.9 Å². The largest absolute Gasteiger partial charge is 0.573 e. The second kappa shape index (κ2) is 5.61. The highest BCUT2D eigenvalue weighted by Gasteiger charge is 2.31. The molecule has 0 unspecified atom stereocenters. The summed E-state index contributed by atoms with van der Waals surface area (Å²) >= 11 is 5.78. The summed E-state index contributed by atoms with van der Waals surface area (Å²) in [6, 6.07) is 8.74. The van der Waals surface area contributed by atoms with Gasteiger partial charge in [0.05, 0.1) is 10.5 Å². The molecule has 0 aliphatic rings. The Bertz CT molecular complexity index is 689. The summed E-state index contributed by atoms with van der Waals surface area (Å²) in [6.07, 6.45) is -4.83. The van der Waals surface area contributed by atoms with Gasteiger partial charge in [0.15, 0.2) is 0 Å². The smallest absolute Gasteiger partial charge is 0.406 e. The molecule has 2 rings (SSSR count). The van der Waals surface area contributed by atoms with Crippen LogP contribution in [0.5, 0.6) is 5.75 Å². The lowest BCUT2D eigenvalue weighted by atomic mass is 10.0. The highest BCUT2D eigenvalue weighted by Crippen LogP contribution is 2.34. The molecule has 0 bridgehead atoms. The maximum Gasteiger partial charge on any atom is 0.573 e. The number of rotatable bonds is 3. The van der Waals surface area contributed by atoms with E-state index in [2.05, 4.69) is 4.74 Å². The van der Waals surface area contributed by atoms with Gasteiger partial charge in [-0.15, -0.1) is 13.2 Å². The number of halogens is 4. The zero-order valence-electron chi connectivity index (χ0n) is 10.2. The van der Waals surface area contributed by atoms with Gasteiger partial charge in [-0.2, -0.15) is 0 Å². The van der Waals surface area contributed by atoms with Crippen LogP contribution in [0, 0.1) is 10.1 Å². The van der Waals surface area contributed by atoms with Crippen molar-refractivity contribution in [3.05, 3.63) is 57.6 Å². The fourth-order valence-corrected chi connectivity index (χ4v) is 1.93. The minimum atomic E-state index is -4.83. The monoisotopic (exact) mass is 317 g/mol. The van der Waals surface area contributed by atoms with Crippen molar-refractivity contribution >= 4 is 17.3 Å². The zero-order chi connectivity index (χ0) is 15.6. The lowest BCUT2D eigenvalue weighted by Gasteiger charge is -2.10. The number of nitro benzene ring substituents is 1. The maximum atomic E-state index is 12.2. The fraction of sp³-hybridized carbons (Fsp3) is 0.0769. The summed E-state index contributed by atoms with van der Waals surface area (Å²) in [5, 5.41) is 11.2. The van der Waals surface area contributed by atoms with Crippen LogP contribution < -0.4 is 4.74 Å². The van der Waals surface area contributed by atoms with E-state index in [9.17, 15) is 23.3 Å². The molecule has 0 heterocycles. The van der Waals surface area contributed by atoms with Gasteiger partial charge < -0.3 is 4.74 Å². The molecule has 0 aromatic heterocycles. The van der Waals surface area contributed by atoms with Crippen LogP contribution in [0.25, 0.3) is 11.1 Å². The number of benzene rings is 2. The van der Waals surface area contributed by atoms with E-state index < -0.39 is 17.0 Å². The molecule has 0 saturated carbocycles. The molecule has 0 N–H and O–H groups in total. The molecular formula is C13H7ClF3NO3. The maximum absolute atomic E-state index is 12.2. The second-order valence-corrected chi connectivity index (χ2v) is 4.43. The third kappa shape index (κ3) is 3.85. The van der Waals surface area contributed by atoms with Gasteiger partial charge in [-0.3, -0.25) is 10.1 Å². The standard InChI is InChI=1S/C13H7ClF3NO3/c14-9-4-5-12(18(19)20)11(7-9)8-2-1-3-10(6-8)21-13(15,16)17/h1-7H. The summed E-state index contributed by atoms with van der Waals surface area (Å²) in [5.41, 5.74) is 0.0506. The van der Waals surface area contributed by atoms with Crippen molar-refractivity contribution in [2.45, 2.75) is 6.36 Å². The van der Waals surface area contributed by atoms with Crippen molar-refractivity contribution < 1.29 is 22.8 Å². The molecule has 0 aliphatic carbocycles. The molecule has 2 aromatic rings. The van der Waals surface area contributed by atoms with Gasteiger partial charge in [-0.1, -0.05) is 23.7 Å². The quantitative estimate of drug-likeness (QED) is 0.602. The number of nitrogens with zero attached hydrogens (tertiary/aromatic N) is 1. The van der Waals surface area contributed by atoms with Crippen molar-refractivity contribution in [1.82, 2.24) is 0 Å². The normalized spacial score (nSPS) is 11.2. The average Bonchev–Trinajstić information content (AvgIpc) is 2.36. The van der Waals surface area contributed by atoms with E-state index in [1.54, 1.807) is 0 Å². The summed E-state index contributed by atoms with van der Waals surface area (Å²) in [7, 11) is 0. The molecular weight excluding hydrogens is 311 g/mol. The van der Waals surface area contributed by atoms with Crippen LogP contribution in [-0.4, -0.2) is 11.3 Å². The summed E-state index contributed by atoms with van der Waals surface area (Å²) in [4.78, 5) is 10.3. The van der Waals surface area contributed by atoms with E-state index in [1.165, 1.54) is 30.3 Å². The first kappa shape index (κ1) is 15.1. The van der Waals surface area contributed by atoms with Crippen LogP contribution in [0.2, 0.25) is 5.02 Å². The molecule has 2 aromatic carbocycles. The highest BCUT2D eigenvalue weighted by molar-refractivity contribution is 6.31. The molecule has 110 valence electrons. The Labute approximate surface area is 121 Å². The van der Waals surface area contributed by atoms with E-state index in [-0.39, 0.29) is 21.8 Å². The van der Waals surface area contributed by atoms with Gasteiger partial charge in [0.25, 0.3) is 5.69 Å². The lowest BCUT2D eigenvalue weighted by Crippen LogP contribution is -2.17. The van der Waals surface area contributed by atoms with Crippen molar-refractivity contribution in [3.63, 3.8) is 0 Å². The molecule has 0 aliphatic heterocycles. The summed E-state index contributed by atoms with van der Waals surface area (Å²) < 4.78 is 40.4. The van der Waals surface area contributed by atoms with Crippen molar-refractivity contribution in [1.29, 1.82) is 0 Å². The molecule has 21 heavy (non-hydrogen) atoms. The Morgan fingerprint density at radius 1 is 1.14 bits per heavy atom. The zero-order valence-corrected chi connectivity index (χ0v) is 11.0. The predicted molar refractivity (Wildman–Crippen MR) is 70.2 cm³/mol. The number of hydrogen-bond donors (Lipinski definition) is 0. The summed E-state index contributed by atoms with van der Waals surface area (Å²) in [6.45, 7) is 0. The van der Waals surface area contributed by atoms with Crippen molar-refractivity contribution in [2.24, 2.45) is 0 Å². The van der Waals surface area contributed by atoms with E-state index in [1.807, 2.05) is 0 Å². The van der Waals surface area contributed by atoms with E-state index in [0.29, 0.717) is 0 Å². The van der Waals surface area contributed by atoms with Crippen molar-refractivity contribution in [3.8, 4) is 16.9 Å². The lowest BCUT2D eigenvalue weighted by molar-refractivity contribution is -0.384. The Balaban J connectivity index is 2.50. The van der Waals surface area contributed by atoms with Gasteiger partial charge in [-0.05, 0) is 29.8 Å². The molecule has 0 fully saturated rings. The molecule has 0 atom stereocenters. The molecule has 0 saturated heterocycles. The topological polar surface area (TPSA) is 52.4 Å². The molecule has 0 spiro atoms. The van der Waals surface area contributed by atoms with Gasteiger partial charge in [0.2, 0.25) is 0 Å². The van der Waals surface area contributed by atoms with Gasteiger partial charge in [0.1, 0.15) is 5.75 Å². The van der Waals surface area contributed by atoms with E-state index >= 15 is 0 Å². The van der Waals surface area contributed by atoms with Gasteiger partial charge in [0, 0.05) is 11.1 Å². The fourth-order valence-electron chi connectivity index (χ4n) is 1.76. The number of nitro groups is 1. The number of hydrogen-bond acceptors (Lipinski definition) is 3. The Morgan fingerprint density at radius 2 is 1.86 bits per heavy atom. The second-order valence-electron chi connectivity index (χ2n) is 3.99. The predicted octanol–water partition coefficient (Wildman–Crippen LogP) is 4.81. The SMILES string of the molecule is O=[N+]([O-])c1ccc(Cl)cc1-c1cccc(OC(F)(F)F)c1. The minimum Gasteiger partial charge on any atom is -0.406 e. The third-order valence-electron chi connectivity index (χ3n) is 2.53. The van der Waals surface area contributed by atoms with Crippen LogP contribution >= 0.6 is 11.6 Å². The third-order valence-corrected chi connectivity index (χ3v) is 2.77. The molecule has 4 nitrogen and oxygen atoms in total. The first-order chi connectivity index (χ1) is 9.76.